The summed E-state index contributed by atoms with van der Waals surface area (Å²) in [5, 5.41) is 20.1. The van der Waals surface area contributed by atoms with E-state index in [2.05, 4.69) is 15.0 Å². The first-order chi connectivity index (χ1) is 13.6. The molecule has 0 aliphatic carbocycles. The maximum absolute atomic E-state index is 10.6. The highest BCUT2D eigenvalue weighted by molar-refractivity contribution is 5.81. The van der Waals surface area contributed by atoms with E-state index in [0.29, 0.717) is 11.2 Å². The van der Waals surface area contributed by atoms with Crippen molar-refractivity contribution in [3.63, 3.8) is 0 Å². The van der Waals surface area contributed by atoms with Crippen molar-refractivity contribution in [2.24, 2.45) is 0 Å². The fourth-order valence-corrected chi connectivity index (χ4v) is 3.24. The predicted octanol–water partition coefficient (Wildman–Crippen LogP) is 0.253. The Kier molecular flexibility index (Phi) is 5.09. The van der Waals surface area contributed by atoms with Gasteiger partial charge in [-0.3, -0.25) is 4.57 Å². The van der Waals surface area contributed by atoms with Gasteiger partial charge >= 0.3 is 0 Å². The molecule has 148 valence electrons. The van der Waals surface area contributed by atoms with Crippen LogP contribution in [0.15, 0.2) is 36.9 Å². The summed E-state index contributed by atoms with van der Waals surface area (Å²) in [6.07, 6.45) is -0.445. The molecule has 4 rings (SSSR count). The summed E-state index contributed by atoms with van der Waals surface area (Å²) >= 11 is 0. The van der Waals surface area contributed by atoms with Crippen LogP contribution in [0.2, 0.25) is 0 Å². The number of aliphatic hydroxyl groups is 2. The molecule has 1 aromatic carbocycles. The molecule has 2 aromatic heterocycles. The van der Waals surface area contributed by atoms with E-state index in [1.807, 2.05) is 24.3 Å². The highest BCUT2D eigenvalue weighted by Gasteiger charge is 2.45. The van der Waals surface area contributed by atoms with Gasteiger partial charge in [0.2, 0.25) is 0 Å². The van der Waals surface area contributed by atoms with Gasteiger partial charge in [0.1, 0.15) is 35.9 Å². The number of methoxy groups -OCH3 is 1. The average Bonchev–Trinajstić information content (AvgIpc) is 3.28. The van der Waals surface area contributed by atoms with Crippen LogP contribution >= 0.6 is 0 Å². The summed E-state index contributed by atoms with van der Waals surface area (Å²) in [6, 6.07) is 7.41. The molecule has 1 unspecified atom stereocenters. The number of aliphatic hydroxyl groups excluding tert-OH is 2. The van der Waals surface area contributed by atoms with Gasteiger partial charge in [0.05, 0.1) is 26.7 Å². The summed E-state index contributed by atoms with van der Waals surface area (Å²) < 4.78 is 18.6. The van der Waals surface area contributed by atoms with Crippen molar-refractivity contribution < 1.29 is 24.4 Å². The van der Waals surface area contributed by atoms with Gasteiger partial charge in [-0.25, -0.2) is 15.0 Å². The van der Waals surface area contributed by atoms with E-state index in [0.717, 1.165) is 11.3 Å². The normalized spacial score (nSPS) is 24.7. The number of hydrogen-bond donors (Lipinski definition) is 3. The zero-order chi connectivity index (χ0) is 19.7. The third-order valence-electron chi connectivity index (χ3n) is 4.76. The molecule has 0 radical (unpaired) electrons. The molecule has 0 spiro atoms. The Morgan fingerprint density at radius 1 is 1.21 bits per heavy atom. The van der Waals surface area contributed by atoms with Gasteiger partial charge in [0.25, 0.3) is 0 Å². The summed E-state index contributed by atoms with van der Waals surface area (Å²) in [7, 11) is 1.60. The van der Waals surface area contributed by atoms with Crippen LogP contribution in [0.5, 0.6) is 5.75 Å². The molecule has 1 aliphatic heterocycles. The molecular weight excluding hydrogens is 366 g/mol. The molecule has 3 heterocycles. The van der Waals surface area contributed by atoms with Crippen LogP contribution in [0.1, 0.15) is 11.8 Å². The smallest absolute Gasteiger partial charge is 0.167 e. The number of ether oxygens (including phenoxy) is 3. The molecule has 28 heavy (non-hydrogen) atoms. The number of nitrogens with zero attached hydrogens (tertiary/aromatic N) is 4. The number of rotatable bonds is 6. The first kappa shape index (κ1) is 18.6. The number of hydrogen-bond acceptors (Lipinski definition) is 9. The first-order valence-electron chi connectivity index (χ1n) is 8.74. The molecule has 3 aromatic rings. The quantitative estimate of drug-likeness (QED) is 0.543. The van der Waals surface area contributed by atoms with E-state index in [4.69, 9.17) is 19.9 Å². The second-order valence-corrected chi connectivity index (χ2v) is 6.44. The fraction of sp³-hybridized carbons (Fsp3) is 0.389. The van der Waals surface area contributed by atoms with Crippen molar-refractivity contribution in [2.45, 2.75) is 31.1 Å². The van der Waals surface area contributed by atoms with Crippen LogP contribution in [-0.4, -0.2) is 61.8 Å². The Labute approximate surface area is 160 Å². The number of benzene rings is 1. The Hall–Kier alpha value is -2.79. The Balaban J connectivity index is 1.59. The van der Waals surface area contributed by atoms with Crippen molar-refractivity contribution in [2.75, 3.05) is 19.5 Å². The summed E-state index contributed by atoms with van der Waals surface area (Å²) in [6.45, 7) is -0.0999. The minimum absolute atomic E-state index is 0.244. The number of aromatic nitrogens is 4. The zero-order valence-corrected chi connectivity index (χ0v) is 15.2. The molecule has 10 heteroatoms. The highest BCUT2D eigenvalue weighted by atomic mass is 16.6. The number of nitrogens with two attached hydrogens (primary N) is 1. The van der Waals surface area contributed by atoms with Gasteiger partial charge in [-0.1, -0.05) is 12.1 Å². The van der Waals surface area contributed by atoms with Crippen LogP contribution in [0.3, 0.4) is 0 Å². The van der Waals surface area contributed by atoms with Gasteiger partial charge in [0, 0.05) is 0 Å². The van der Waals surface area contributed by atoms with Gasteiger partial charge in [-0.2, -0.15) is 0 Å². The lowest BCUT2D eigenvalue weighted by atomic mass is 10.1. The van der Waals surface area contributed by atoms with Crippen LogP contribution in [0.4, 0.5) is 5.82 Å². The third kappa shape index (κ3) is 3.27. The third-order valence-corrected chi connectivity index (χ3v) is 4.76. The Morgan fingerprint density at radius 3 is 2.71 bits per heavy atom. The van der Waals surface area contributed by atoms with Crippen LogP contribution in [0.25, 0.3) is 11.2 Å². The molecule has 1 saturated heterocycles. The van der Waals surface area contributed by atoms with Crippen molar-refractivity contribution in [1.82, 2.24) is 19.5 Å². The fourth-order valence-electron chi connectivity index (χ4n) is 3.24. The first-order valence-corrected chi connectivity index (χ1v) is 8.74. The molecule has 0 saturated carbocycles. The van der Waals surface area contributed by atoms with E-state index in [1.165, 1.54) is 12.7 Å². The zero-order valence-electron chi connectivity index (χ0n) is 15.2. The lowest BCUT2D eigenvalue weighted by Crippen LogP contribution is -2.35. The number of imidazole rings is 1. The minimum atomic E-state index is -1.02. The van der Waals surface area contributed by atoms with E-state index in [-0.39, 0.29) is 19.0 Å². The van der Waals surface area contributed by atoms with Crippen molar-refractivity contribution in [1.29, 1.82) is 0 Å². The van der Waals surface area contributed by atoms with Crippen LogP contribution < -0.4 is 10.5 Å². The number of fused-ring (bicyclic) bond motifs is 1. The van der Waals surface area contributed by atoms with E-state index < -0.39 is 24.5 Å². The lowest BCUT2D eigenvalue weighted by Gasteiger charge is -2.22. The minimum Gasteiger partial charge on any atom is -0.497 e. The van der Waals surface area contributed by atoms with Gasteiger partial charge in [-0.05, 0) is 17.7 Å². The Bertz CT molecular complexity index is 947. The summed E-state index contributed by atoms with van der Waals surface area (Å²) in [5.74, 6) is 0.991. The average molecular weight is 387 g/mol. The maximum Gasteiger partial charge on any atom is 0.167 e. The van der Waals surface area contributed by atoms with E-state index >= 15 is 0 Å². The second-order valence-electron chi connectivity index (χ2n) is 6.44. The molecule has 1 fully saturated rings. The Morgan fingerprint density at radius 2 is 2.00 bits per heavy atom. The SMILES string of the molecule is COc1ccc(CO[C@@H]2[C@H](O)C(CO)O[C@H]2n2cnc3c(N)ncnc32)cc1. The van der Waals surface area contributed by atoms with Crippen molar-refractivity contribution in [3.8, 4) is 5.75 Å². The maximum atomic E-state index is 10.6. The molecule has 4 N–H and O–H groups in total. The van der Waals surface area contributed by atoms with Crippen LogP contribution in [-0.2, 0) is 16.1 Å². The van der Waals surface area contributed by atoms with Crippen molar-refractivity contribution in [3.05, 3.63) is 42.5 Å². The molecule has 4 atom stereocenters. The molecule has 1 aliphatic rings. The standard InChI is InChI=1S/C18H21N5O5/c1-26-11-4-2-10(3-5-11)7-27-15-14(25)12(6-24)28-18(15)23-9-22-13-16(19)20-8-21-17(13)23/h2-5,8-9,12,14-15,18,24-25H,6-7H2,1H3,(H2,19,20,21)/t12?,14-,15-,18-/m1/s1. The lowest BCUT2D eigenvalue weighted by molar-refractivity contribution is -0.0761. The molecule has 10 nitrogen and oxygen atoms in total. The second kappa shape index (κ2) is 7.68. The molecular formula is C18H21N5O5. The largest absolute Gasteiger partial charge is 0.497 e. The highest BCUT2D eigenvalue weighted by Crippen LogP contribution is 2.34. The molecule has 0 bridgehead atoms. The monoisotopic (exact) mass is 387 g/mol. The number of nitrogen functional groups attached to an aromatic ring is 1. The van der Waals surface area contributed by atoms with Crippen molar-refractivity contribution >= 4 is 17.0 Å². The number of anilines is 1. The van der Waals surface area contributed by atoms with E-state index in [1.54, 1.807) is 11.7 Å². The van der Waals surface area contributed by atoms with E-state index in [9.17, 15) is 10.2 Å². The predicted molar refractivity (Wildman–Crippen MR) is 98.3 cm³/mol. The van der Waals surface area contributed by atoms with Crippen LogP contribution in [0, 0.1) is 0 Å². The summed E-state index contributed by atoms with van der Waals surface area (Å²) in [4.78, 5) is 12.4. The van der Waals surface area contributed by atoms with Gasteiger partial charge < -0.3 is 30.2 Å². The molecule has 0 amide bonds. The van der Waals surface area contributed by atoms with Gasteiger partial charge in [-0.15, -0.1) is 0 Å². The summed E-state index contributed by atoms with van der Waals surface area (Å²) in [5.41, 5.74) is 7.64. The topological polar surface area (TPSA) is 138 Å². The van der Waals surface area contributed by atoms with Gasteiger partial charge in [0.15, 0.2) is 17.7 Å².